The Morgan fingerprint density at radius 3 is 2.54 bits per heavy atom. The van der Waals surface area contributed by atoms with E-state index in [1.165, 1.54) is 0 Å². The zero-order valence-corrected chi connectivity index (χ0v) is 13.8. The molecule has 4 rings (SSSR count). The van der Waals surface area contributed by atoms with E-state index in [2.05, 4.69) is 21.1 Å². The Morgan fingerprint density at radius 2 is 1.77 bits per heavy atom. The van der Waals surface area contributed by atoms with Gasteiger partial charge in [0.1, 0.15) is 0 Å². The summed E-state index contributed by atoms with van der Waals surface area (Å²) in [4.78, 5) is 8.71. The van der Waals surface area contributed by atoms with E-state index in [0.717, 1.165) is 10.9 Å². The highest BCUT2D eigenvalue weighted by Crippen LogP contribution is 2.29. The second-order valence-corrected chi connectivity index (χ2v) is 5.87. The van der Waals surface area contributed by atoms with E-state index in [9.17, 15) is 5.26 Å². The Hall–Kier alpha value is -3.92. The summed E-state index contributed by atoms with van der Waals surface area (Å²) in [5.41, 5.74) is 15.9. The molecular formula is C19H15N7. The van der Waals surface area contributed by atoms with E-state index < -0.39 is 0 Å². The van der Waals surface area contributed by atoms with E-state index in [0.29, 0.717) is 34.7 Å². The van der Waals surface area contributed by atoms with Gasteiger partial charge in [-0.3, -0.25) is 0 Å². The van der Waals surface area contributed by atoms with Crippen molar-refractivity contribution in [1.29, 1.82) is 5.26 Å². The van der Waals surface area contributed by atoms with Crippen LogP contribution in [-0.2, 0) is 6.54 Å². The van der Waals surface area contributed by atoms with Crippen LogP contribution in [0.5, 0.6) is 0 Å². The van der Waals surface area contributed by atoms with Crippen LogP contribution in [-0.4, -0.2) is 19.7 Å². The van der Waals surface area contributed by atoms with Gasteiger partial charge in [0.15, 0.2) is 5.65 Å². The van der Waals surface area contributed by atoms with Crippen molar-refractivity contribution in [3.63, 3.8) is 0 Å². The molecule has 7 nitrogen and oxygen atoms in total. The van der Waals surface area contributed by atoms with Gasteiger partial charge in [-0.05, 0) is 23.8 Å². The normalized spacial score (nSPS) is 10.7. The van der Waals surface area contributed by atoms with Crippen molar-refractivity contribution < 1.29 is 0 Å². The molecule has 0 atom stereocenters. The van der Waals surface area contributed by atoms with Crippen LogP contribution in [0.1, 0.15) is 11.1 Å². The lowest BCUT2D eigenvalue weighted by Crippen LogP contribution is -2.05. The molecule has 0 fully saturated rings. The van der Waals surface area contributed by atoms with Crippen molar-refractivity contribution >= 4 is 22.7 Å². The zero-order valence-electron chi connectivity index (χ0n) is 13.8. The van der Waals surface area contributed by atoms with Crippen LogP contribution in [0.25, 0.3) is 22.3 Å². The van der Waals surface area contributed by atoms with E-state index in [1.54, 1.807) is 16.9 Å². The van der Waals surface area contributed by atoms with E-state index in [1.807, 2.05) is 42.5 Å². The Bertz CT molecular complexity index is 1140. The van der Waals surface area contributed by atoms with Gasteiger partial charge >= 0.3 is 0 Å². The molecule has 0 aliphatic carbocycles. The molecule has 0 saturated carbocycles. The molecule has 2 heterocycles. The quantitative estimate of drug-likeness (QED) is 0.553. The highest BCUT2D eigenvalue weighted by molar-refractivity contribution is 5.92. The minimum atomic E-state index is 0.138. The predicted molar refractivity (Wildman–Crippen MR) is 99.8 cm³/mol. The van der Waals surface area contributed by atoms with Gasteiger partial charge in [0.05, 0.1) is 35.5 Å². The molecule has 0 saturated heterocycles. The summed E-state index contributed by atoms with van der Waals surface area (Å²) in [5, 5.41) is 14.6. The summed E-state index contributed by atoms with van der Waals surface area (Å²) >= 11 is 0. The Morgan fingerprint density at radius 1 is 1.00 bits per heavy atom. The molecular weight excluding hydrogens is 326 g/mol. The predicted octanol–water partition coefficient (Wildman–Crippen LogP) is 2.58. The minimum Gasteiger partial charge on any atom is -0.399 e. The summed E-state index contributed by atoms with van der Waals surface area (Å²) in [5.74, 6) is 0.138. The standard InChI is InChI=1S/C19H15N7/c20-9-13-3-1-2-4-15(13)17-16-10-23-26(18(16)25-19(22)24-17)11-12-5-7-14(21)8-6-12/h1-8,10H,11,21H2,(H2,22,24,25). The largest absolute Gasteiger partial charge is 0.399 e. The third kappa shape index (κ3) is 2.70. The second-order valence-electron chi connectivity index (χ2n) is 5.87. The lowest BCUT2D eigenvalue weighted by atomic mass is 10.0. The van der Waals surface area contributed by atoms with Crippen molar-refractivity contribution in [3.8, 4) is 17.3 Å². The molecule has 2 aromatic carbocycles. The number of nitriles is 1. The molecule has 0 bridgehead atoms. The number of nitrogens with zero attached hydrogens (tertiary/aromatic N) is 5. The second kappa shape index (κ2) is 6.18. The average Bonchev–Trinajstić information content (AvgIpc) is 3.05. The van der Waals surface area contributed by atoms with Crippen LogP contribution in [0.2, 0.25) is 0 Å². The molecule has 126 valence electrons. The topological polar surface area (TPSA) is 119 Å². The van der Waals surface area contributed by atoms with Crippen LogP contribution in [0.3, 0.4) is 0 Å². The van der Waals surface area contributed by atoms with Crippen LogP contribution < -0.4 is 11.5 Å². The lowest BCUT2D eigenvalue weighted by molar-refractivity contribution is 0.704. The van der Waals surface area contributed by atoms with Gasteiger partial charge in [0.25, 0.3) is 0 Å². The summed E-state index contributed by atoms with van der Waals surface area (Å²) in [6.45, 7) is 0.527. The van der Waals surface area contributed by atoms with Gasteiger partial charge in [0.2, 0.25) is 5.95 Å². The number of aromatic nitrogens is 4. The molecule has 26 heavy (non-hydrogen) atoms. The molecule has 2 aromatic heterocycles. The highest BCUT2D eigenvalue weighted by Gasteiger charge is 2.16. The summed E-state index contributed by atoms with van der Waals surface area (Å²) in [6, 6.07) is 17.0. The van der Waals surface area contributed by atoms with Crippen molar-refractivity contribution in [2.24, 2.45) is 0 Å². The Kier molecular flexibility index (Phi) is 3.71. The molecule has 0 spiro atoms. The Balaban J connectivity index is 1.86. The summed E-state index contributed by atoms with van der Waals surface area (Å²) in [6.07, 6.45) is 1.70. The van der Waals surface area contributed by atoms with E-state index in [4.69, 9.17) is 11.5 Å². The van der Waals surface area contributed by atoms with Gasteiger partial charge < -0.3 is 11.5 Å². The van der Waals surface area contributed by atoms with Crippen molar-refractivity contribution in [3.05, 3.63) is 65.9 Å². The minimum absolute atomic E-state index is 0.138. The monoisotopic (exact) mass is 341 g/mol. The molecule has 0 aliphatic heterocycles. The third-order valence-electron chi connectivity index (χ3n) is 4.13. The van der Waals surface area contributed by atoms with Crippen LogP contribution in [0.4, 0.5) is 11.6 Å². The van der Waals surface area contributed by atoms with Gasteiger partial charge in [-0.15, -0.1) is 0 Å². The van der Waals surface area contributed by atoms with Gasteiger partial charge in [-0.1, -0.05) is 30.3 Å². The van der Waals surface area contributed by atoms with Gasteiger partial charge in [-0.2, -0.15) is 15.3 Å². The number of hydrogen-bond acceptors (Lipinski definition) is 6. The SMILES string of the molecule is N#Cc1ccccc1-c1nc(N)nc2c1cnn2Cc1ccc(N)cc1. The van der Waals surface area contributed by atoms with E-state index in [-0.39, 0.29) is 5.95 Å². The molecule has 0 unspecified atom stereocenters. The molecule has 7 heteroatoms. The number of anilines is 2. The fourth-order valence-electron chi connectivity index (χ4n) is 2.88. The lowest BCUT2D eigenvalue weighted by Gasteiger charge is -2.07. The van der Waals surface area contributed by atoms with Crippen molar-refractivity contribution in [1.82, 2.24) is 19.7 Å². The first kappa shape index (κ1) is 15.6. The molecule has 4 N–H and O–H groups in total. The fraction of sp³-hybridized carbons (Fsp3) is 0.0526. The maximum absolute atomic E-state index is 9.39. The third-order valence-corrected chi connectivity index (χ3v) is 4.13. The average molecular weight is 341 g/mol. The van der Waals surface area contributed by atoms with Crippen LogP contribution >= 0.6 is 0 Å². The fourth-order valence-corrected chi connectivity index (χ4v) is 2.88. The smallest absolute Gasteiger partial charge is 0.222 e. The van der Waals surface area contributed by atoms with Crippen molar-refractivity contribution in [2.45, 2.75) is 6.54 Å². The summed E-state index contributed by atoms with van der Waals surface area (Å²) < 4.78 is 1.76. The molecule has 0 aliphatic rings. The van der Waals surface area contributed by atoms with Gasteiger partial charge in [0, 0.05) is 11.3 Å². The number of rotatable bonds is 3. The van der Waals surface area contributed by atoms with E-state index >= 15 is 0 Å². The molecule has 0 radical (unpaired) electrons. The van der Waals surface area contributed by atoms with Crippen molar-refractivity contribution in [2.75, 3.05) is 11.5 Å². The maximum atomic E-state index is 9.39. The number of fused-ring (bicyclic) bond motifs is 1. The zero-order chi connectivity index (χ0) is 18.1. The first-order chi connectivity index (χ1) is 12.7. The summed E-state index contributed by atoms with van der Waals surface area (Å²) in [7, 11) is 0. The highest BCUT2D eigenvalue weighted by atomic mass is 15.3. The number of nitrogens with two attached hydrogens (primary N) is 2. The molecule has 4 aromatic rings. The van der Waals surface area contributed by atoms with Gasteiger partial charge in [-0.25, -0.2) is 9.67 Å². The first-order valence-corrected chi connectivity index (χ1v) is 7.98. The molecule has 0 amide bonds. The van der Waals surface area contributed by atoms with Crippen LogP contribution in [0, 0.1) is 11.3 Å². The van der Waals surface area contributed by atoms with Crippen LogP contribution in [0.15, 0.2) is 54.7 Å². The Labute approximate surface area is 149 Å². The first-order valence-electron chi connectivity index (χ1n) is 7.98. The number of benzene rings is 2. The maximum Gasteiger partial charge on any atom is 0.222 e. The number of nitrogen functional groups attached to an aromatic ring is 2. The number of hydrogen-bond donors (Lipinski definition) is 2.